The lowest BCUT2D eigenvalue weighted by atomic mass is 10.2. The summed E-state index contributed by atoms with van der Waals surface area (Å²) in [4.78, 5) is 11.5. The Morgan fingerprint density at radius 3 is 2.63 bits per heavy atom. The van der Waals surface area contributed by atoms with Crippen LogP contribution in [0.25, 0.3) is 0 Å². The van der Waals surface area contributed by atoms with Crippen molar-refractivity contribution in [1.82, 2.24) is 0 Å². The van der Waals surface area contributed by atoms with E-state index >= 15 is 0 Å². The number of benzene rings is 1. The van der Waals surface area contributed by atoms with Crippen LogP contribution in [0.1, 0.15) is 23.7 Å². The van der Waals surface area contributed by atoms with E-state index in [1.165, 1.54) is 24.3 Å². The Morgan fingerprint density at radius 1 is 1.26 bits per heavy atom. The summed E-state index contributed by atoms with van der Waals surface area (Å²) in [7, 11) is 1.35. The molecule has 0 bridgehead atoms. The maximum absolute atomic E-state index is 11.6. The molecule has 106 valence electrons. The van der Waals surface area contributed by atoms with Crippen LogP contribution in [0.3, 0.4) is 0 Å². The van der Waals surface area contributed by atoms with Crippen molar-refractivity contribution in [2.75, 3.05) is 19.8 Å². The number of rotatable bonds is 7. The fraction of sp³-hybridized carbons (Fsp3) is 0.417. The van der Waals surface area contributed by atoms with E-state index in [0.717, 1.165) is 6.42 Å². The number of hydrogen-bond donors (Lipinski definition) is 0. The van der Waals surface area contributed by atoms with Gasteiger partial charge in [-0.3, -0.25) is 0 Å². The Hall–Kier alpha value is -1.11. The maximum atomic E-state index is 11.6. The van der Waals surface area contributed by atoms with E-state index in [-0.39, 0.29) is 17.1 Å². The van der Waals surface area contributed by atoms with Crippen LogP contribution in [-0.2, 0) is 18.5 Å². The van der Waals surface area contributed by atoms with Crippen molar-refractivity contribution in [1.29, 1.82) is 0 Å². The third-order valence-corrected chi connectivity index (χ3v) is 3.51. The lowest BCUT2D eigenvalue weighted by Gasteiger charge is -2.06. The van der Waals surface area contributed by atoms with Crippen molar-refractivity contribution in [2.24, 2.45) is 0 Å². The van der Waals surface area contributed by atoms with E-state index in [4.69, 9.17) is 20.2 Å². The fourth-order valence-electron chi connectivity index (χ4n) is 1.30. The molecule has 1 aromatic rings. The maximum Gasteiger partial charge on any atom is 0.338 e. The minimum atomic E-state index is -3.85. The summed E-state index contributed by atoms with van der Waals surface area (Å²) >= 11 is 0. The second-order valence-electron chi connectivity index (χ2n) is 3.71. The van der Waals surface area contributed by atoms with E-state index in [9.17, 15) is 13.2 Å². The zero-order valence-corrected chi connectivity index (χ0v) is 12.0. The van der Waals surface area contributed by atoms with Crippen molar-refractivity contribution in [2.45, 2.75) is 18.2 Å². The van der Waals surface area contributed by atoms with Gasteiger partial charge in [0.1, 0.15) is 6.61 Å². The minimum absolute atomic E-state index is 0.122. The van der Waals surface area contributed by atoms with Crippen LogP contribution in [0.2, 0.25) is 0 Å². The van der Waals surface area contributed by atoms with Crippen molar-refractivity contribution in [3.8, 4) is 0 Å². The molecule has 19 heavy (non-hydrogen) atoms. The summed E-state index contributed by atoms with van der Waals surface area (Å²) in [6.45, 7) is 3.02. The fourth-order valence-corrected chi connectivity index (χ4v) is 2.09. The number of ether oxygens (including phenoxy) is 2. The molecule has 0 N–H and O–H groups in total. The van der Waals surface area contributed by atoms with Gasteiger partial charge in [-0.25, -0.2) is 13.2 Å². The smallest absolute Gasteiger partial charge is 0.338 e. The number of carbonyl (C=O) groups excluding carboxylic acids is 1. The van der Waals surface area contributed by atoms with Gasteiger partial charge in [0.15, 0.2) is 0 Å². The zero-order valence-electron chi connectivity index (χ0n) is 10.5. The molecule has 0 atom stereocenters. The molecular formula is C12H15ClO5S. The Bertz CT molecular complexity index is 527. The van der Waals surface area contributed by atoms with Gasteiger partial charge in [0.05, 0.1) is 17.1 Å². The largest absolute Gasteiger partial charge is 0.460 e. The van der Waals surface area contributed by atoms with E-state index in [0.29, 0.717) is 13.2 Å². The molecule has 7 heteroatoms. The predicted molar refractivity (Wildman–Crippen MR) is 70.9 cm³/mol. The van der Waals surface area contributed by atoms with Crippen LogP contribution < -0.4 is 0 Å². The van der Waals surface area contributed by atoms with Crippen LogP contribution >= 0.6 is 10.7 Å². The van der Waals surface area contributed by atoms with Gasteiger partial charge in [-0.15, -0.1) is 0 Å². The molecule has 1 aromatic carbocycles. The average Bonchev–Trinajstić information content (AvgIpc) is 2.37. The first-order chi connectivity index (χ1) is 8.95. The summed E-state index contributed by atoms with van der Waals surface area (Å²) in [5.41, 5.74) is 0.136. The normalized spacial score (nSPS) is 11.3. The van der Waals surface area contributed by atoms with E-state index in [1.54, 1.807) is 0 Å². The molecule has 0 aliphatic heterocycles. The highest BCUT2D eigenvalue weighted by Crippen LogP contribution is 2.16. The van der Waals surface area contributed by atoms with E-state index in [2.05, 4.69) is 0 Å². The molecule has 0 saturated heterocycles. The van der Waals surface area contributed by atoms with Crippen molar-refractivity contribution in [3.05, 3.63) is 29.8 Å². The Balaban J connectivity index is 2.58. The highest BCUT2D eigenvalue weighted by atomic mass is 35.7. The molecule has 1 rings (SSSR count). The van der Waals surface area contributed by atoms with Gasteiger partial charge in [-0.1, -0.05) is 13.0 Å². The highest BCUT2D eigenvalue weighted by Gasteiger charge is 2.14. The van der Waals surface area contributed by atoms with Gasteiger partial charge in [0.25, 0.3) is 9.05 Å². The molecule has 0 radical (unpaired) electrons. The summed E-state index contributed by atoms with van der Waals surface area (Å²) in [5, 5.41) is 0. The second-order valence-corrected chi connectivity index (χ2v) is 6.28. The lowest BCUT2D eigenvalue weighted by Crippen LogP contribution is -2.11. The van der Waals surface area contributed by atoms with Crippen molar-refractivity contribution >= 4 is 25.7 Å². The quantitative estimate of drug-likeness (QED) is 0.439. The van der Waals surface area contributed by atoms with Crippen LogP contribution in [0.15, 0.2) is 29.2 Å². The zero-order chi connectivity index (χ0) is 14.3. The molecule has 0 aliphatic carbocycles. The molecule has 0 fully saturated rings. The van der Waals surface area contributed by atoms with Gasteiger partial charge in [-0.2, -0.15) is 0 Å². The van der Waals surface area contributed by atoms with Crippen LogP contribution in [0, 0.1) is 0 Å². The summed E-state index contributed by atoms with van der Waals surface area (Å²) < 4.78 is 32.4. The van der Waals surface area contributed by atoms with Gasteiger partial charge in [0, 0.05) is 17.3 Å². The van der Waals surface area contributed by atoms with Crippen LogP contribution in [0.4, 0.5) is 0 Å². The summed E-state index contributed by atoms with van der Waals surface area (Å²) in [5.74, 6) is -0.609. The van der Waals surface area contributed by atoms with Gasteiger partial charge in [0.2, 0.25) is 0 Å². The van der Waals surface area contributed by atoms with Gasteiger partial charge in [-0.05, 0) is 24.6 Å². The predicted octanol–water partition coefficient (Wildman–Crippen LogP) is 2.20. The molecule has 0 aliphatic rings. The molecule has 0 saturated carbocycles. The molecule has 0 aromatic heterocycles. The van der Waals surface area contributed by atoms with Gasteiger partial charge < -0.3 is 9.47 Å². The monoisotopic (exact) mass is 306 g/mol. The molecular weight excluding hydrogens is 292 g/mol. The van der Waals surface area contributed by atoms with Crippen LogP contribution in [-0.4, -0.2) is 34.2 Å². The third-order valence-electron chi connectivity index (χ3n) is 2.16. The number of esters is 1. The van der Waals surface area contributed by atoms with Gasteiger partial charge >= 0.3 is 5.97 Å². The topological polar surface area (TPSA) is 69.7 Å². The Labute approximate surface area is 116 Å². The minimum Gasteiger partial charge on any atom is -0.460 e. The Morgan fingerprint density at radius 2 is 2.00 bits per heavy atom. The first-order valence-electron chi connectivity index (χ1n) is 5.74. The molecule has 0 unspecified atom stereocenters. The van der Waals surface area contributed by atoms with Crippen LogP contribution in [0.5, 0.6) is 0 Å². The Kier molecular flexibility index (Phi) is 6.27. The third kappa shape index (κ3) is 5.59. The first kappa shape index (κ1) is 15.9. The number of halogens is 1. The summed E-state index contributed by atoms with van der Waals surface area (Å²) in [6, 6.07) is 5.38. The molecule has 0 spiro atoms. The molecule has 0 amide bonds. The second kappa shape index (κ2) is 7.47. The van der Waals surface area contributed by atoms with Crippen molar-refractivity contribution in [3.63, 3.8) is 0 Å². The average molecular weight is 307 g/mol. The standard InChI is InChI=1S/C12H15ClO5S/c1-2-6-17-7-8-18-12(14)10-4-3-5-11(9-10)19(13,15)16/h3-5,9H,2,6-8H2,1H3. The molecule has 5 nitrogen and oxygen atoms in total. The van der Waals surface area contributed by atoms with E-state index < -0.39 is 15.0 Å². The lowest BCUT2D eigenvalue weighted by molar-refractivity contribution is 0.0318. The highest BCUT2D eigenvalue weighted by molar-refractivity contribution is 8.13. The molecule has 0 heterocycles. The summed E-state index contributed by atoms with van der Waals surface area (Å²) in [6.07, 6.45) is 0.892. The SMILES string of the molecule is CCCOCCOC(=O)c1cccc(S(=O)(=O)Cl)c1. The van der Waals surface area contributed by atoms with E-state index in [1.807, 2.05) is 6.92 Å². The number of hydrogen-bond acceptors (Lipinski definition) is 5. The number of carbonyl (C=O) groups is 1. The first-order valence-corrected chi connectivity index (χ1v) is 8.05. The van der Waals surface area contributed by atoms with Crippen molar-refractivity contribution < 1.29 is 22.7 Å².